The summed E-state index contributed by atoms with van der Waals surface area (Å²) in [6.07, 6.45) is 7.18. The minimum atomic E-state index is -0.100. The molecule has 0 aliphatic rings. The number of hydrogen-bond acceptors (Lipinski definition) is 4. The first-order chi connectivity index (χ1) is 9.70. The first-order valence-electron chi connectivity index (χ1n) is 6.51. The molecule has 2 heterocycles. The van der Waals surface area contributed by atoms with E-state index in [0.717, 1.165) is 16.6 Å². The van der Waals surface area contributed by atoms with Gasteiger partial charge in [-0.05, 0) is 25.0 Å². The molecule has 3 N–H and O–H groups in total. The molecule has 0 amide bonds. The molecule has 0 saturated carbocycles. The lowest BCUT2D eigenvalue weighted by Gasteiger charge is -2.18. The standard InChI is InChI=1S/C15H17N5/c1-10-3-4-11(2)12(7-10)15(19-16)13-8-18-20-6-5-17-9-14(13)20/h3-9,15,19H,16H2,1-2H3. The molecule has 102 valence electrons. The molecular formula is C15H17N5. The maximum atomic E-state index is 5.80. The number of rotatable bonds is 3. The van der Waals surface area contributed by atoms with E-state index in [1.54, 1.807) is 16.9 Å². The smallest absolute Gasteiger partial charge is 0.0896 e. The number of nitrogens with two attached hydrogens (primary N) is 1. The van der Waals surface area contributed by atoms with Crippen molar-refractivity contribution in [3.8, 4) is 0 Å². The average Bonchev–Trinajstić information content (AvgIpc) is 2.88. The Bertz CT molecular complexity index is 747. The first-order valence-corrected chi connectivity index (χ1v) is 6.51. The molecule has 3 aromatic rings. The third kappa shape index (κ3) is 2.07. The van der Waals surface area contributed by atoms with Crippen molar-refractivity contribution in [3.63, 3.8) is 0 Å². The quantitative estimate of drug-likeness (QED) is 0.562. The van der Waals surface area contributed by atoms with Crippen molar-refractivity contribution in [2.45, 2.75) is 19.9 Å². The maximum absolute atomic E-state index is 5.80. The van der Waals surface area contributed by atoms with Gasteiger partial charge in [0.15, 0.2) is 0 Å². The van der Waals surface area contributed by atoms with Crippen LogP contribution in [0.4, 0.5) is 0 Å². The number of nitrogens with zero attached hydrogens (tertiary/aromatic N) is 3. The third-order valence-corrected chi connectivity index (χ3v) is 3.58. The molecule has 1 atom stereocenters. The van der Waals surface area contributed by atoms with Crippen molar-refractivity contribution in [1.82, 2.24) is 20.0 Å². The molecule has 0 bridgehead atoms. The lowest BCUT2D eigenvalue weighted by atomic mass is 9.95. The molecule has 0 aliphatic heterocycles. The number of aryl methyl sites for hydroxylation is 2. The fraction of sp³-hybridized carbons (Fsp3) is 0.200. The Morgan fingerprint density at radius 2 is 2.05 bits per heavy atom. The maximum Gasteiger partial charge on any atom is 0.0896 e. The zero-order valence-electron chi connectivity index (χ0n) is 11.5. The van der Waals surface area contributed by atoms with Crippen LogP contribution < -0.4 is 11.3 Å². The van der Waals surface area contributed by atoms with Gasteiger partial charge in [0.25, 0.3) is 0 Å². The van der Waals surface area contributed by atoms with Gasteiger partial charge in [-0.2, -0.15) is 5.10 Å². The molecule has 0 saturated heterocycles. The van der Waals surface area contributed by atoms with Gasteiger partial charge in [-0.25, -0.2) is 9.94 Å². The van der Waals surface area contributed by atoms with E-state index < -0.39 is 0 Å². The van der Waals surface area contributed by atoms with E-state index in [1.165, 1.54) is 11.1 Å². The summed E-state index contributed by atoms with van der Waals surface area (Å²) < 4.78 is 1.80. The number of nitrogens with one attached hydrogen (secondary N) is 1. The van der Waals surface area contributed by atoms with E-state index >= 15 is 0 Å². The van der Waals surface area contributed by atoms with Crippen LogP contribution in [-0.4, -0.2) is 14.6 Å². The van der Waals surface area contributed by atoms with Gasteiger partial charge in [0.2, 0.25) is 0 Å². The second-order valence-corrected chi connectivity index (χ2v) is 4.97. The first kappa shape index (κ1) is 12.8. The van der Waals surface area contributed by atoms with Gasteiger partial charge in [0.05, 0.1) is 24.0 Å². The fourth-order valence-corrected chi connectivity index (χ4v) is 2.49. The molecule has 20 heavy (non-hydrogen) atoms. The lowest BCUT2D eigenvalue weighted by molar-refractivity contribution is 0.637. The Kier molecular flexibility index (Phi) is 3.22. The molecule has 0 aliphatic carbocycles. The largest absolute Gasteiger partial charge is 0.271 e. The second-order valence-electron chi connectivity index (χ2n) is 4.97. The summed E-state index contributed by atoms with van der Waals surface area (Å²) >= 11 is 0. The van der Waals surface area contributed by atoms with Crippen LogP contribution in [0.25, 0.3) is 5.52 Å². The molecule has 5 nitrogen and oxygen atoms in total. The Hall–Kier alpha value is -2.24. The number of fused-ring (bicyclic) bond motifs is 1. The van der Waals surface area contributed by atoms with E-state index in [2.05, 4.69) is 47.6 Å². The van der Waals surface area contributed by atoms with Crippen molar-refractivity contribution in [2.75, 3.05) is 0 Å². The van der Waals surface area contributed by atoms with Crippen LogP contribution in [0.15, 0.2) is 43.0 Å². The molecule has 3 rings (SSSR count). The predicted octanol–water partition coefficient (Wildman–Crippen LogP) is 1.90. The zero-order chi connectivity index (χ0) is 14.1. The van der Waals surface area contributed by atoms with Crippen LogP contribution in [0.3, 0.4) is 0 Å². The van der Waals surface area contributed by atoms with Gasteiger partial charge in [-0.15, -0.1) is 0 Å². The summed E-state index contributed by atoms with van der Waals surface area (Å²) in [6, 6.07) is 6.26. The minimum Gasteiger partial charge on any atom is -0.271 e. The van der Waals surface area contributed by atoms with Gasteiger partial charge in [-0.1, -0.05) is 23.8 Å². The van der Waals surface area contributed by atoms with Gasteiger partial charge >= 0.3 is 0 Å². The average molecular weight is 267 g/mol. The lowest BCUT2D eigenvalue weighted by Crippen LogP contribution is -2.29. The SMILES string of the molecule is Cc1ccc(C)c(C(NN)c2cnn3ccncc23)c1. The van der Waals surface area contributed by atoms with Crippen molar-refractivity contribution < 1.29 is 0 Å². The highest BCUT2D eigenvalue weighted by molar-refractivity contribution is 5.56. The Morgan fingerprint density at radius 1 is 1.20 bits per heavy atom. The summed E-state index contributed by atoms with van der Waals surface area (Å²) in [6.45, 7) is 4.16. The highest BCUT2D eigenvalue weighted by Crippen LogP contribution is 2.27. The molecular weight excluding hydrogens is 250 g/mol. The normalized spacial score (nSPS) is 12.8. The highest BCUT2D eigenvalue weighted by Gasteiger charge is 2.19. The predicted molar refractivity (Wildman–Crippen MR) is 78.1 cm³/mol. The summed E-state index contributed by atoms with van der Waals surface area (Å²) in [4.78, 5) is 4.17. The minimum absolute atomic E-state index is 0.100. The highest BCUT2D eigenvalue weighted by atomic mass is 15.3. The number of benzene rings is 1. The summed E-state index contributed by atoms with van der Waals surface area (Å²) in [5.41, 5.74) is 8.44. The zero-order valence-corrected chi connectivity index (χ0v) is 11.5. The van der Waals surface area contributed by atoms with Crippen molar-refractivity contribution in [3.05, 3.63) is 65.2 Å². The Balaban J connectivity index is 2.16. The van der Waals surface area contributed by atoms with Gasteiger partial charge in [0.1, 0.15) is 0 Å². The number of hydrazine groups is 1. The molecule has 5 heteroatoms. The molecule has 0 spiro atoms. The number of aromatic nitrogens is 3. The van der Waals surface area contributed by atoms with E-state index in [-0.39, 0.29) is 6.04 Å². The van der Waals surface area contributed by atoms with Gasteiger partial charge in [-0.3, -0.25) is 10.8 Å². The Labute approximate surface area is 117 Å². The van der Waals surface area contributed by atoms with Crippen molar-refractivity contribution >= 4 is 5.52 Å². The van der Waals surface area contributed by atoms with Crippen LogP contribution in [0.1, 0.15) is 28.3 Å². The third-order valence-electron chi connectivity index (χ3n) is 3.58. The monoisotopic (exact) mass is 267 g/mol. The van der Waals surface area contributed by atoms with E-state index in [0.29, 0.717) is 0 Å². The summed E-state index contributed by atoms with van der Waals surface area (Å²) in [5, 5.41) is 4.35. The second kappa shape index (κ2) is 5.03. The number of hydrogen-bond donors (Lipinski definition) is 2. The topological polar surface area (TPSA) is 68.2 Å². The Morgan fingerprint density at radius 3 is 2.85 bits per heavy atom. The van der Waals surface area contributed by atoms with E-state index in [9.17, 15) is 0 Å². The van der Waals surface area contributed by atoms with Crippen LogP contribution >= 0.6 is 0 Å². The van der Waals surface area contributed by atoms with Crippen molar-refractivity contribution in [1.29, 1.82) is 0 Å². The van der Waals surface area contributed by atoms with Crippen LogP contribution in [0.2, 0.25) is 0 Å². The summed E-state index contributed by atoms with van der Waals surface area (Å²) in [5.74, 6) is 5.80. The fourth-order valence-electron chi connectivity index (χ4n) is 2.49. The van der Waals surface area contributed by atoms with Gasteiger partial charge < -0.3 is 0 Å². The molecule has 1 unspecified atom stereocenters. The van der Waals surface area contributed by atoms with Crippen LogP contribution in [0.5, 0.6) is 0 Å². The van der Waals surface area contributed by atoms with Crippen LogP contribution in [0, 0.1) is 13.8 Å². The van der Waals surface area contributed by atoms with Gasteiger partial charge in [0, 0.05) is 18.0 Å². The molecule has 0 fully saturated rings. The summed E-state index contributed by atoms with van der Waals surface area (Å²) in [7, 11) is 0. The van der Waals surface area contributed by atoms with Crippen molar-refractivity contribution in [2.24, 2.45) is 5.84 Å². The van der Waals surface area contributed by atoms with E-state index in [1.807, 2.05) is 12.4 Å². The molecule has 0 radical (unpaired) electrons. The molecule has 1 aromatic carbocycles. The van der Waals surface area contributed by atoms with Crippen LogP contribution in [-0.2, 0) is 0 Å². The molecule has 2 aromatic heterocycles. The van der Waals surface area contributed by atoms with E-state index in [4.69, 9.17) is 5.84 Å².